The van der Waals surface area contributed by atoms with Crippen LogP contribution < -0.4 is 5.32 Å². The molecule has 2 N–H and O–H groups in total. The number of hydrogen-bond acceptors (Lipinski definition) is 5. The van der Waals surface area contributed by atoms with E-state index in [2.05, 4.69) is 31.2 Å². The molecule has 19 heavy (non-hydrogen) atoms. The van der Waals surface area contributed by atoms with Crippen molar-refractivity contribution in [2.24, 2.45) is 0 Å². The summed E-state index contributed by atoms with van der Waals surface area (Å²) >= 11 is 3.30. The molecule has 6 nitrogen and oxygen atoms in total. The van der Waals surface area contributed by atoms with Gasteiger partial charge in [-0.1, -0.05) is 0 Å². The number of benzene rings is 1. The third-order valence-corrected chi connectivity index (χ3v) is 2.95. The molecule has 0 aliphatic carbocycles. The minimum Gasteiger partial charge on any atom is -0.477 e. The van der Waals surface area contributed by atoms with E-state index in [0.717, 1.165) is 0 Å². The van der Waals surface area contributed by atoms with Gasteiger partial charge in [0.05, 0.1) is 17.3 Å². The van der Waals surface area contributed by atoms with E-state index >= 15 is 0 Å². The molecule has 0 saturated heterocycles. The summed E-state index contributed by atoms with van der Waals surface area (Å²) in [5.74, 6) is -0.930. The van der Waals surface area contributed by atoms with Gasteiger partial charge in [-0.25, -0.2) is 14.8 Å². The van der Waals surface area contributed by atoms with Crippen molar-refractivity contribution in [3.8, 4) is 6.07 Å². The van der Waals surface area contributed by atoms with E-state index < -0.39 is 5.97 Å². The summed E-state index contributed by atoms with van der Waals surface area (Å²) < 4.78 is 0.640. The number of nitriles is 1. The monoisotopic (exact) mass is 318 g/mol. The van der Waals surface area contributed by atoms with Gasteiger partial charge >= 0.3 is 5.97 Å². The molecular formula is C12H7BrN4O2. The Morgan fingerprint density at radius 2 is 2.26 bits per heavy atom. The average Bonchev–Trinajstić information content (AvgIpc) is 2.41. The highest BCUT2D eigenvalue weighted by molar-refractivity contribution is 9.10. The Bertz CT molecular complexity index is 682. The van der Waals surface area contributed by atoms with Crippen LogP contribution in [0.1, 0.15) is 15.9 Å². The average molecular weight is 319 g/mol. The second-order valence-corrected chi connectivity index (χ2v) is 4.38. The highest BCUT2D eigenvalue weighted by Crippen LogP contribution is 2.27. The van der Waals surface area contributed by atoms with Crippen molar-refractivity contribution in [2.75, 3.05) is 5.32 Å². The molecule has 0 saturated carbocycles. The number of aromatic carboxylic acids is 1. The van der Waals surface area contributed by atoms with Crippen LogP contribution in [0.15, 0.2) is 35.2 Å². The lowest BCUT2D eigenvalue weighted by Gasteiger charge is -2.09. The van der Waals surface area contributed by atoms with Gasteiger partial charge in [-0.2, -0.15) is 5.26 Å². The molecule has 1 heterocycles. The largest absolute Gasteiger partial charge is 0.477 e. The maximum absolute atomic E-state index is 11.0. The zero-order chi connectivity index (χ0) is 13.8. The van der Waals surface area contributed by atoms with Gasteiger partial charge in [-0.3, -0.25) is 0 Å². The van der Waals surface area contributed by atoms with Crippen LogP contribution in [0.4, 0.5) is 11.5 Å². The Labute approximate surface area is 116 Å². The molecule has 1 aromatic carbocycles. The van der Waals surface area contributed by atoms with Crippen LogP contribution in [-0.4, -0.2) is 21.0 Å². The van der Waals surface area contributed by atoms with Crippen LogP contribution >= 0.6 is 15.9 Å². The summed E-state index contributed by atoms with van der Waals surface area (Å²) in [5, 5.41) is 20.7. The summed E-state index contributed by atoms with van der Waals surface area (Å²) in [5.41, 5.74) is 1.08. The highest BCUT2D eigenvalue weighted by Gasteiger charge is 2.12. The van der Waals surface area contributed by atoms with E-state index in [1.54, 1.807) is 18.2 Å². The number of hydrogen-bond donors (Lipinski definition) is 2. The Kier molecular flexibility index (Phi) is 3.73. The van der Waals surface area contributed by atoms with E-state index in [-0.39, 0.29) is 11.4 Å². The Balaban J connectivity index is 2.37. The van der Waals surface area contributed by atoms with Crippen LogP contribution in [0.3, 0.4) is 0 Å². The van der Waals surface area contributed by atoms with Crippen molar-refractivity contribution < 1.29 is 9.90 Å². The summed E-state index contributed by atoms with van der Waals surface area (Å²) in [4.78, 5) is 18.6. The van der Waals surface area contributed by atoms with Crippen molar-refractivity contribution in [3.05, 3.63) is 46.3 Å². The molecule has 2 rings (SSSR count). The SMILES string of the molecule is N#Cc1ccc(Nc2ncncc2C(=O)O)c(Br)c1. The van der Waals surface area contributed by atoms with E-state index in [1.807, 2.05) is 6.07 Å². The zero-order valence-electron chi connectivity index (χ0n) is 9.46. The number of aromatic nitrogens is 2. The Morgan fingerprint density at radius 1 is 1.47 bits per heavy atom. The van der Waals surface area contributed by atoms with Gasteiger partial charge < -0.3 is 10.4 Å². The predicted octanol–water partition coefficient (Wildman–Crippen LogP) is 2.55. The first-order valence-corrected chi connectivity index (χ1v) is 5.91. The predicted molar refractivity (Wildman–Crippen MR) is 71.1 cm³/mol. The van der Waals surface area contributed by atoms with Crippen LogP contribution in [-0.2, 0) is 0 Å². The minimum absolute atomic E-state index is 0.0289. The lowest BCUT2D eigenvalue weighted by Crippen LogP contribution is -2.05. The number of halogens is 1. The smallest absolute Gasteiger partial charge is 0.341 e. The number of carboxylic acids is 1. The van der Waals surface area contributed by atoms with Crippen LogP contribution in [0.2, 0.25) is 0 Å². The first kappa shape index (κ1) is 13.0. The van der Waals surface area contributed by atoms with Gasteiger partial charge in [-0.05, 0) is 34.1 Å². The maximum atomic E-state index is 11.0. The van der Waals surface area contributed by atoms with Gasteiger partial charge in [0.2, 0.25) is 0 Å². The number of anilines is 2. The van der Waals surface area contributed by atoms with Crippen molar-refractivity contribution in [1.29, 1.82) is 5.26 Å². The second-order valence-electron chi connectivity index (χ2n) is 3.52. The Hall–Kier alpha value is -2.46. The summed E-state index contributed by atoms with van der Waals surface area (Å²) in [7, 11) is 0. The lowest BCUT2D eigenvalue weighted by molar-refractivity contribution is 0.0697. The van der Waals surface area contributed by atoms with Crippen LogP contribution in [0.25, 0.3) is 0 Å². The molecule has 94 valence electrons. The molecule has 0 aliphatic rings. The summed E-state index contributed by atoms with van der Waals surface area (Å²) in [6, 6.07) is 6.92. The lowest BCUT2D eigenvalue weighted by atomic mass is 10.2. The van der Waals surface area contributed by atoms with E-state index in [1.165, 1.54) is 12.5 Å². The molecule has 0 radical (unpaired) electrons. The summed E-state index contributed by atoms with van der Waals surface area (Å²) in [6.07, 6.45) is 2.47. The van der Waals surface area contributed by atoms with Gasteiger partial charge in [0.25, 0.3) is 0 Å². The third-order valence-electron chi connectivity index (χ3n) is 2.29. The third kappa shape index (κ3) is 2.86. The van der Waals surface area contributed by atoms with E-state index in [0.29, 0.717) is 15.7 Å². The number of nitrogens with one attached hydrogen (secondary N) is 1. The fourth-order valence-corrected chi connectivity index (χ4v) is 1.88. The number of rotatable bonds is 3. The molecule has 0 atom stereocenters. The van der Waals surface area contributed by atoms with Gasteiger partial charge in [0, 0.05) is 10.7 Å². The normalized spacial score (nSPS) is 9.68. The molecule has 0 fully saturated rings. The topological polar surface area (TPSA) is 98.9 Å². The van der Waals surface area contributed by atoms with Crippen LogP contribution in [0, 0.1) is 11.3 Å². The first-order chi connectivity index (χ1) is 9.11. The molecule has 0 unspecified atom stereocenters. The molecule has 0 bridgehead atoms. The number of carboxylic acid groups (broad SMARTS) is 1. The van der Waals surface area contributed by atoms with Crippen molar-refractivity contribution in [3.63, 3.8) is 0 Å². The number of carbonyl (C=O) groups is 1. The van der Waals surface area contributed by atoms with Gasteiger partial charge in [0.15, 0.2) is 0 Å². The minimum atomic E-state index is -1.12. The van der Waals surface area contributed by atoms with E-state index in [4.69, 9.17) is 10.4 Å². The molecule has 0 aliphatic heterocycles. The fourth-order valence-electron chi connectivity index (χ4n) is 1.40. The van der Waals surface area contributed by atoms with Gasteiger partial charge in [0.1, 0.15) is 17.7 Å². The quantitative estimate of drug-likeness (QED) is 0.902. The first-order valence-electron chi connectivity index (χ1n) is 5.12. The molecule has 2 aromatic rings. The van der Waals surface area contributed by atoms with Crippen molar-refractivity contribution in [2.45, 2.75) is 0 Å². The van der Waals surface area contributed by atoms with E-state index in [9.17, 15) is 4.79 Å². The maximum Gasteiger partial charge on any atom is 0.341 e. The fraction of sp³-hybridized carbons (Fsp3) is 0. The Morgan fingerprint density at radius 3 is 2.89 bits per heavy atom. The van der Waals surface area contributed by atoms with Crippen LogP contribution in [0.5, 0.6) is 0 Å². The molecule has 0 spiro atoms. The zero-order valence-corrected chi connectivity index (χ0v) is 11.0. The number of nitrogens with zero attached hydrogens (tertiary/aromatic N) is 3. The standard InChI is InChI=1S/C12H7BrN4O2/c13-9-3-7(4-14)1-2-10(9)17-11-8(12(18)19)5-15-6-16-11/h1-3,5-6H,(H,18,19)(H,15,16,17). The van der Waals surface area contributed by atoms with Crippen molar-refractivity contribution in [1.82, 2.24) is 9.97 Å². The van der Waals surface area contributed by atoms with Gasteiger partial charge in [-0.15, -0.1) is 0 Å². The molecule has 7 heteroatoms. The summed E-state index contributed by atoms with van der Waals surface area (Å²) in [6.45, 7) is 0. The second kappa shape index (κ2) is 5.46. The molecule has 0 amide bonds. The highest BCUT2D eigenvalue weighted by atomic mass is 79.9. The molecule has 1 aromatic heterocycles. The van der Waals surface area contributed by atoms with Crippen molar-refractivity contribution >= 4 is 33.4 Å². The molecular weight excluding hydrogens is 312 g/mol.